The molecule has 1 aromatic heterocycles. The predicted molar refractivity (Wildman–Crippen MR) is 91.5 cm³/mol. The van der Waals surface area contributed by atoms with E-state index in [9.17, 15) is 9.18 Å². The van der Waals surface area contributed by atoms with E-state index in [1.807, 2.05) is 4.68 Å². The van der Waals surface area contributed by atoms with Gasteiger partial charge < -0.3 is 5.32 Å². The van der Waals surface area contributed by atoms with Crippen LogP contribution in [0.2, 0.25) is 0 Å². The van der Waals surface area contributed by atoms with Crippen LogP contribution in [0.15, 0.2) is 29.4 Å². The highest BCUT2D eigenvalue weighted by molar-refractivity contribution is 8.00. The zero-order valence-electron chi connectivity index (χ0n) is 13.8. The minimum atomic E-state index is -0.493. The second kappa shape index (κ2) is 7.11. The third kappa shape index (κ3) is 3.84. The Morgan fingerprint density at radius 3 is 2.60 bits per heavy atom. The number of carbonyl (C=O) groups is 1. The van der Waals surface area contributed by atoms with Crippen LogP contribution in [0.5, 0.6) is 0 Å². The topological polar surface area (TPSA) is 72.7 Å². The first kappa shape index (κ1) is 16.5. The van der Waals surface area contributed by atoms with Crippen LogP contribution in [-0.2, 0) is 4.79 Å². The number of rotatable bonds is 6. The van der Waals surface area contributed by atoms with Crippen molar-refractivity contribution >= 4 is 17.7 Å². The molecule has 6 nitrogen and oxygen atoms in total. The molecule has 1 amide bonds. The van der Waals surface area contributed by atoms with Crippen LogP contribution in [0.4, 0.5) is 4.39 Å². The van der Waals surface area contributed by atoms with Crippen LogP contribution < -0.4 is 5.32 Å². The molecule has 1 atom stereocenters. The lowest BCUT2D eigenvalue weighted by Gasteiger charge is -2.18. The smallest absolute Gasteiger partial charge is 0.238 e. The lowest BCUT2D eigenvalue weighted by molar-refractivity contribution is -0.120. The van der Waals surface area contributed by atoms with Crippen molar-refractivity contribution in [2.24, 2.45) is 0 Å². The van der Waals surface area contributed by atoms with E-state index in [1.54, 1.807) is 12.1 Å². The summed E-state index contributed by atoms with van der Waals surface area (Å²) in [6, 6.07) is 6.65. The van der Waals surface area contributed by atoms with Crippen LogP contribution >= 0.6 is 11.8 Å². The first-order chi connectivity index (χ1) is 12.2. The summed E-state index contributed by atoms with van der Waals surface area (Å²) in [4.78, 5) is 12.7. The van der Waals surface area contributed by atoms with Crippen molar-refractivity contribution < 1.29 is 9.18 Å². The number of nitrogens with one attached hydrogen (secondary N) is 1. The third-order valence-electron chi connectivity index (χ3n) is 4.69. The van der Waals surface area contributed by atoms with Crippen LogP contribution in [0.1, 0.15) is 55.4 Å². The predicted octanol–water partition coefficient (Wildman–Crippen LogP) is 3.04. The minimum absolute atomic E-state index is 0.0694. The number of benzene rings is 1. The molecule has 0 saturated heterocycles. The summed E-state index contributed by atoms with van der Waals surface area (Å²) in [5, 5.41) is 15.3. The lowest BCUT2D eigenvalue weighted by Crippen LogP contribution is -2.30. The van der Waals surface area contributed by atoms with E-state index in [2.05, 4.69) is 20.8 Å². The zero-order chi connectivity index (χ0) is 17.2. The standard InChI is InChI=1S/C17H20FN5OS/c18-12-7-5-11(6-8-12)15(16(24)19-13-9-10-13)25-17-20-21-22-23(17)14-3-1-2-4-14/h5-8,13-15H,1-4,9-10H2,(H,19,24). The molecule has 2 aliphatic rings. The van der Waals surface area contributed by atoms with Gasteiger partial charge in [0, 0.05) is 6.04 Å². The van der Waals surface area contributed by atoms with Crippen molar-refractivity contribution in [3.63, 3.8) is 0 Å². The van der Waals surface area contributed by atoms with Gasteiger partial charge in [-0.05, 0) is 53.8 Å². The van der Waals surface area contributed by atoms with Gasteiger partial charge in [0.15, 0.2) is 0 Å². The average molecular weight is 361 g/mol. The lowest BCUT2D eigenvalue weighted by atomic mass is 10.1. The zero-order valence-corrected chi connectivity index (χ0v) is 14.6. The van der Waals surface area contributed by atoms with Crippen LogP contribution in [0, 0.1) is 5.82 Å². The summed E-state index contributed by atoms with van der Waals surface area (Å²) in [6.45, 7) is 0. The molecule has 0 spiro atoms. The van der Waals surface area contributed by atoms with Gasteiger partial charge in [0.05, 0.1) is 6.04 Å². The Labute approximate surface area is 149 Å². The largest absolute Gasteiger partial charge is 0.352 e. The fourth-order valence-electron chi connectivity index (χ4n) is 3.16. The van der Waals surface area contributed by atoms with E-state index >= 15 is 0 Å². The monoisotopic (exact) mass is 361 g/mol. The molecule has 8 heteroatoms. The van der Waals surface area contributed by atoms with E-state index in [0.29, 0.717) is 11.2 Å². The maximum atomic E-state index is 13.3. The Bertz CT molecular complexity index is 740. The molecular weight excluding hydrogens is 341 g/mol. The minimum Gasteiger partial charge on any atom is -0.352 e. The highest BCUT2D eigenvalue weighted by Crippen LogP contribution is 2.38. The molecule has 0 radical (unpaired) electrons. The Kier molecular flexibility index (Phi) is 4.70. The molecular formula is C17H20FN5OS. The summed E-state index contributed by atoms with van der Waals surface area (Å²) in [5.74, 6) is -0.383. The summed E-state index contributed by atoms with van der Waals surface area (Å²) in [6.07, 6.45) is 6.53. The Morgan fingerprint density at radius 1 is 1.20 bits per heavy atom. The van der Waals surface area contributed by atoms with Gasteiger partial charge in [-0.25, -0.2) is 9.07 Å². The number of thioether (sulfide) groups is 1. The van der Waals surface area contributed by atoms with Gasteiger partial charge >= 0.3 is 0 Å². The molecule has 2 aliphatic carbocycles. The SMILES string of the molecule is O=C(NC1CC1)C(Sc1nnnn1C1CCCC1)c1ccc(F)cc1. The quantitative estimate of drug-likeness (QED) is 0.801. The Hall–Kier alpha value is -1.96. The number of aromatic nitrogens is 4. The maximum absolute atomic E-state index is 13.3. The van der Waals surface area contributed by atoms with E-state index in [4.69, 9.17) is 0 Å². The van der Waals surface area contributed by atoms with E-state index in [-0.39, 0.29) is 17.8 Å². The molecule has 1 heterocycles. The molecule has 0 bridgehead atoms. The van der Waals surface area contributed by atoms with E-state index in [0.717, 1.165) is 31.2 Å². The summed E-state index contributed by atoms with van der Waals surface area (Å²) in [5.41, 5.74) is 0.755. The molecule has 4 rings (SSSR count). The second-order valence-electron chi connectivity index (χ2n) is 6.68. The molecule has 0 aliphatic heterocycles. The first-order valence-electron chi connectivity index (χ1n) is 8.71. The maximum Gasteiger partial charge on any atom is 0.238 e. The number of hydrogen-bond acceptors (Lipinski definition) is 5. The molecule has 1 unspecified atom stereocenters. The highest BCUT2D eigenvalue weighted by Gasteiger charge is 2.31. The van der Waals surface area contributed by atoms with Gasteiger partial charge in [-0.15, -0.1) is 5.10 Å². The Morgan fingerprint density at radius 2 is 1.92 bits per heavy atom. The normalized spacial score (nSPS) is 19.1. The molecule has 1 aromatic carbocycles. The van der Waals surface area contributed by atoms with Crippen molar-refractivity contribution in [1.29, 1.82) is 0 Å². The third-order valence-corrected chi connectivity index (χ3v) is 5.89. The molecule has 132 valence electrons. The summed E-state index contributed by atoms with van der Waals surface area (Å²) in [7, 11) is 0. The summed E-state index contributed by atoms with van der Waals surface area (Å²) < 4.78 is 15.1. The number of tetrazole rings is 1. The number of nitrogens with zero attached hydrogens (tertiary/aromatic N) is 4. The van der Waals surface area contributed by atoms with Gasteiger partial charge in [-0.1, -0.05) is 36.7 Å². The average Bonchev–Trinajstić information content (AvgIpc) is 3.09. The van der Waals surface area contributed by atoms with Gasteiger partial charge in [0.2, 0.25) is 11.1 Å². The number of halogens is 1. The van der Waals surface area contributed by atoms with Gasteiger partial charge in [-0.2, -0.15) is 0 Å². The van der Waals surface area contributed by atoms with Crippen LogP contribution in [-0.4, -0.2) is 32.2 Å². The van der Waals surface area contributed by atoms with Crippen molar-refractivity contribution in [2.45, 2.75) is 61.0 Å². The Balaban J connectivity index is 1.58. The molecule has 25 heavy (non-hydrogen) atoms. The van der Waals surface area contributed by atoms with Crippen molar-refractivity contribution in [3.05, 3.63) is 35.6 Å². The van der Waals surface area contributed by atoms with Crippen LogP contribution in [0.3, 0.4) is 0 Å². The van der Waals surface area contributed by atoms with Gasteiger partial charge in [0.1, 0.15) is 11.1 Å². The molecule has 2 aromatic rings. The second-order valence-corrected chi connectivity index (χ2v) is 7.75. The first-order valence-corrected chi connectivity index (χ1v) is 9.59. The van der Waals surface area contributed by atoms with E-state index in [1.165, 1.54) is 36.7 Å². The summed E-state index contributed by atoms with van der Waals surface area (Å²) >= 11 is 1.34. The van der Waals surface area contributed by atoms with Crippen molar-refractivity contribution in [3.8, 4) is 0 Å². The van der Waals surface area contributed by atoms with E-state index < -0.39 is 5.25 Å². The molecule has 2 fully saturated rings. The van der Waals surface area contributed by atoms with Crippen molar-refractivity contribution in [2.75, 3.05) is 0 Å². The highest BCUT2D eigenvalue weighted by atomic mass is 32.2. The van der Waals surface area contributed by atoms with Crippen LogP contribution in [0.25, 0.3) is 0 Å². The molecule has 1 N–H and O–H groups in total. The number of amides is 1. The number of hydrogen-bond donors (Lipinski definition) is 1. The fourth-order valence-corrected chi connectivity index (χ4v) is 4.22. The van der Waals surface area contributed by atoms with Gasteiger partial charge in [0.25, 0.3) is 0 Å². The molecule has 2 saturated carbocycles. The number of carbonyl (C=O) groups excluding carboxylic acids is 1. The fraction of sp³-hybridized carbons (Fsp3) is 0.529. The van der Waals surface area contributed by atoms with Gasteiger partial charge in [-0.3, -0.25) is 4.79 Å². The van der Waals surface area contributed by atoms with Crippen molar-refractivity contribution in [1.82, 2.24) is 25.5 Å².